The lowest BCUT2D eigenvalue weighted by Gasteiger charge is -2.19. The van der Waals surface area contributed by atoms with Crippen LogP contribution in [0.4, 0.5) is 0 Å². The van der Waals surface area contributed by atoms with E-state index in [-0.39, 0.29) is 17.9 Å². The molecule has 1 aliphatic rings. The summed E-state index contributed by atoms with van der Waals surface area (Å²) in [5.41, 5.74) is 4.32. The summed E-state index contributed by atoms with van der Waals surface area (Å²) >= 11 is 0. The lowest BCUT2D eigenvalue weighted by atomic mass is 9.93. The molecule has 0 aromatic heterocycles. The Labute approximate surface area is 149 Å². The first-order chi connectivity index (χ1) is 12.0. The second-order valence-corrected chi connectivity index (χ2v) is 6.83. The highest BCUT2D eigenvalue weighted by Gasteiger charge is 2.34. The van der Waals surface area contributed by atoms with Crippen LogP contribution in [0.5, 0.6) is 0 Å². The van der Waals surface area contributed by atoms with Crippen LogP contribution in [0.15, 0.2) is 48.5 Å². The van der Waals surface area contributed by atoms with Crippen molar-refractivity contribution in [2.45, 2.75) is 32.4 Å². The van der Waals surface area contributed by atoms with Gasteiger partial charge in [-0.3, -0.25) is 9.69 Å². The number of aryl methyl sites for hydroxylation is 1. The number of hydrogen-bond donors (Lipinski definition) is 1. The van der Waals surface area contributed by atoms with Gasteiger partial charge >= 0.3 is 0 Å². The van der Waals surface area contributed by atoms with Crippen LogP contribution < -0.4 is 5.32 Å². The third-order valence-corrected chi connectivity index (χ3v) is 4.75. The van der Waals surface area contributed by atoms with Crippen molar-refractivity contribution in [3.05, 3.63) is 70.8 Å². The van der Waals surface area contributed by atoms with Crippen LogP contribution >= 0.6 is 0 Å². The molecule has 4 heteroatoms. The fourth-order valence-electron chi connectivity index (χ4n) is 3.57. The van der Waals surface area contributed by atoms with Crippen molar-refractivity contribution in [1.82, 2.24) is 10.2 Å². The monoisotopic (exact) mass is 333 g/mol. The number of benzene rings is 2. The van der Waals surface area contributed by atoms with Crippen molar-refractivity contribution < 1.29 is 4.79 Å². The van der Waals surface area contributed by atoms with Crippen LogP contribution in [-0.4, -0.2) is 29.9 Å². The fraction of sp³-hybridized carbons (Fsp3) is 0.333. The molecular weight excluding hydrogens is 310 g/mol. The Morgan fingerprint density at radius 2 is 2.00 bits per heavy atom. The molecule has 3 rings (SSSR count). The Morgan fingerprint density at radius 1 is 1.24 bits per heavy atom. The van der Waals surface area contributed by atoms with Gasteiger partial charge in [0.25, 0.3) is 0 Å². The molecule has 1 fully saturated rings. The summed E-state index contributed by atoms with van der Waals surface area (Å²) in [6.45, 7) is 6.15. The first-order valence-electron chi connectivity index (χ1n) is 8.60. The van der Waals surface area contributed by atoms with Crippen LogP contribution in [0.25, 0.3) is 0 Å². The molecule has 2 aromatic carbocycles. The summed E-state index contributed by atoms with van der Waals surface area (Å²) in [5.74, 6) is 0.291. The summed E-state index contributed by atoms with van der Waals surface area (Å²) in [6.07, 6.45) is 0. The van der Waals surface area contributed by atoms with Gasteiger partial charge < -0.3 is 5.32 Å². The maximum absolute atomic E-state index is 11.6. The van der Waals surface area contributed by atoms with E-state index < -0.39 is 0 Å². The highest BCUT2D eigenvalue weighted by Crippen LogP contribution is 2.29. The van der Waals surface area contributed by atoms with Gasteiger partial charge in [0.2, 0.25) is 5.91 Å². The molecule has 0 radical (unpaired) electrons. The van der Waals surface area contributed by atoms with Gasteiger partial charge in [0.15, 0.2) is 0 Å². The zero-order valence-corrected chi connectivity index (χ0v) is 14.7. The lowest BCUT2D eigenvalue weighted by molar-refractivity contribution is -0.119. The second-order valence-electron chi connectivity index (χ2n) is 6.83. The number of carbonyl (C=O) groups excluding carboxylic acids is 1. The van der Waals surface area contributed by atoms with Crippen LogP contribution in [0.1, 0.15) is 35.1 Å². The highest BCUT2D eigenvalue weighted by molar-refractivity contribution is 5.73. The summed E-state index contributed by atoms with van der Waals surface area (Å²) in [5, 5.41) is 12.2. The van der Waals surface area contributed by atoms with E-state index in [0.717, 1.165) is 25.2 Å². The van der Waals surface area contributed by atoms with Gasteiger partial charge in [-0.1, -0.05) is 42.0 Å². The van der Waals surface area contributed by atoms with Crippen LogP contribution in [0, 0.1) is 18.3 Å². The quantitative estimate of drug-likeness (QED) is 0.936. The van der Waals surface area contributed by atoms with E-state index in [0.29, 0.717) is 5.56 Å². The van der Waals surface area contributed by atoms with Crippen LogP contribution in [0.2, 0.25) is 0 Å². The third kappa shape index (κ3) is 4.26. The van der Waals surface area contributed by atoms with E-state index in [1.54, 1.807) is 6.92 Å². The number of likely N-dealkylation sites (tertiary alicyclic amines) is 1. The summed E-state index contributed by atoms with van der Waals surface area (Å²) in [6, 6.07) is 18.6. The van der Waals surface area contributed by atoms with E-state index in [1.807, 2.05) is 24.3 Å². The Balaban J connectivity index is 1.77. The van der Waals surface area contributed by atoms with Gasteiger partial charge in [-0.2, -0.15) is 5.26 Å². The van der Waals surface area contributed by atoms with Crippen LogP contribution in [-0.2, 0) is 11.3 Å². The molecule has 1 saturated heterocycles. The fourth-order valence-corrected chi connectivity index (χ4v) is 3.57. The van der Waals surface area contributed by atoms with Crippen LogP contribution in [0.3, 0.4) is 0 Å². The number of nitrogens with zero attached hydrogens (tertiary/aromatic N) is 2. The molecule has 0 bridgehead atoms. The SMILES string of the molecule is CC(=O)N[C@@H]1CN(Cc2cccc(C#N)c2)C[C@H]1c1ccc(C)cc1. The minimum Gasteiger partial charge on any atom is -0.352 e. The van der Waals surface area contributed by atoms with E-state index in [9.17, 15) is 4.79 Å². The normalized spacial score (nSPS) is 20.2. The average molecular weight is 333 g/mol. The number of nitrogens with one attached hydrogen (secondary N) is 1. The number of nitriles is 1. The highest BCUT2D eigenvalue weighted by atomic mass is 16.1. The van der Waals surface area contributed by atoms with Crippen molar-refractivity contribution in [3.63, 3.8) is 0 Å². The standard InChI is InChI=1S/C21H23N3O/c1-15-6-8-19(9-7-15)20-13-24(14-21(20)23-16(2)25)12-18-5-3-4-17(10-18)11-22/h3-10,20-21H,12-14H2,1-2H3,(H,23,25)/t20-,21+/m0/s1. The molecule has 0 saturated carbocycles. The number of carbonyl (C=O) groups is 1. The van der Waals surface area contributed by atoms with E-state index in [4.69, 9.17) is 5.26 Å². The van der Waals surface area contributed by atoms with Gasteiger partial charge in [-0.05, 0) is 30.2 Å². The molecule has 1 N–H and O–H groups in total. The molecule has 2 aromatic rings. The summed E-state index contributed by atoms with van der Waals surface area (Å²) < 4.78 is 0. The molecule has 25 heavy (non-hydrogen) atoms. The minimum atomic E-state index is 0.00967. The molecule has 1 aliphatic heterocycles. The van der Waals surface area contributed by atoms with Gasteiger partial charge in [0.05, 0.1) is 11.6 Å². The van der Waals surface area contributed by atoms with Gasteiger partial charge in [0.1, 0.15) is 0 Å². The third-order valence-electron chi connectivity index (χ3n) is 4.75. The van der Waals surface area contributed by atoms with Gasteiger partial charge in [0, 0.05) is 38.5 Å². The van der Waals surface area contributed by atoms with Gasteiger partial charge in [-0.25, -0.2) is 0 Å². The molecule has 1 amide bonds. The smallest absolute Gasteiger partial charge is 0.217 e. The predicted molar refractivity (Wildman–Crippen MR) is 98.0 cm³/mol. The Hall–Kier alpha value is -2.64. The molecular formula is C21H23N3O. The Kier molecular flexibility index (Phi) is 5.16. The van der Waals surface area contributed by atoms with E-state index in [1.165, 1.54) is 11.1 Å². The predicted octanol–water partition coefficient (Wildman–Crippen LogP) is 2.97. The van der Waals surface area contributed by atoms with Crippen molar-refractivity contribution in [2.75, 3.05) is 13.1 Å². The molecule has 0 spiro atoms. The maximum Gasteiger partial charge on any atom is 0.217 e. The first-order valence-corrected chi connectivity index (χ1v) is 8.60. The Morgan fingerprint density at radius 3 is 2.68 bits per heavy atom. The first kappa shape index (κ1) is 17.2. The largest absolute Gasteiger partial charge is 0.352 e. The van der Waals surface area contributed by atoms with Crippen molar-refractivity contribution >= 4 is 5.91 Å². The summed E-state index contributed by atoms with van der Waals surface area (Å²) in [4.78, 5) is 14.0. The molecule has 0 aliphatic carbocycles. The topological polar surface area (TPSA) is 56.1 Å². The number of amides is 1. The minimum absolute atomic E-state index is 0.00967. The second kappa shape index (κ2) is 7.50. The van der Waals surface area contributed by atoms with E-state index in [2.05, 4.69) is 47.5 Å². The Bertz CT molecular complexity index is 792. The number of hydrogen-bond acceptors (Lipinski definition) is 3. The average Bonchev–Trinajstić information content (AvgIpc) is 2.97. The lowest BCUT2D eigenvalue weighted by Crippen LogP contribution is -2.38. The molecule has 4 nitrogen and oxygen atoms in total. The maximum atomic E-state index is 11.6. The van der Waals surface area contributed by atoms with Crippen molar-refractivity contribution in [2.24, 2.45) is 0 Å². The molecule has 2 atom stereocenters. The molecule has 128 valence electrons. The van der Waals surface area contributed by atoms with E-state index >= 15 is 0 Å². The van der Waals surface area contributed by atoms with Crippen molar-refractivity contribution in [3.8, 4) is 6.07 Å². The molecule has 1 heterocycles. The zero-order valence-electron chi connectivity index (χ0n) is 14.7. The molecule has 0 unspecified atom stereocenters. The summed E-state index contributed by atoms with van der Waals surface area (Å²) in [7, 11) is 0. The zero-order chi connectivity index (χ0) is 17.8. The van der Waals surface area contributed by atoms with Gasteiger partial charge in [-0.15, -0.1) is 0 Å². The number of rotatable bonds is 4. The van der Waals surface area contributed by atoms with Crippen molar-refractivity contribution in [1.29, 1.82) is 5.26 Å².